The second kappa shape index (κ2) is 7.50. The predicted octanol–water partition coefficient (Wildman–Crippen LogP) is 4.63. The summed E-state index contributed by atoms with van der Waals surface area (Å²) in [5, 5.41) is 12.8. The summed E-state index contributed by atoms with van der Waals surface area (Å²) in [6.07, 6.45) is 2.97. The number of pyridine rings is 1. The highest BCUT2D eigenvalue weighted by atomic mass is 16.7. The summed E-state index contributed by atoms with van der Waals surface area (Å²) in [5.74, 6) is 1.79. The van der Waals surface area contributed by atoms with Crippen LogP contribution in [0, 0.1) is 11.3 Å². The molecule has 0 radical (unpaired) electrons. The summed E-state index contributed by atoms with van der Waals surface area (Å²) in [7, 11) is 0. The van der Waals surface area contributed by atoms with Gasteiger partial charge in [0.25, 0.3) is 0 Å². The monoisotopic (exact) mass is 411 g/mol. The van der Waals surface area contributed by atoms with Gasteiger partial charge < -0.3 is 19.2 Å². The van der Waals surface area contributed by atoms with Crippen molar-refractivity contribution < 1.29 is 13.9 Å². The Hall–Kier alpha value is -4.31. The second-order valence-corrected chi connectivity index (χ2v) is 7.22. The molecule has 1 N–H and O–H groups in total. The number of benzene rings is 2. The van der Waals surface area contributed by atoms with Gasteiger partial charge in [-0.25, -0.2) is 4.98 Å². The average molecular weight is 411 g/mol. The molecule has 5 rings (SSSR count). The van der Waals surface area contributed by atoms with Gasteiger partial charge in [-0.05, 0) is 48.4 Å². The van der Waals surface area contributed by atoms with Crippen LogP contribution in [0.15, 0.2) is 70.2 Å². The quantitative estimate of drug-likeness (QED) is 0.523. The van der Waals surface area contributed by atoms with Crippen molar-refractivity contribution in [2.75, 3.05) is 12.1 Å². The number of fused-ring (bicyclic) bond motifs is 2. The van der Waals surface area contributed by atoms with Crippen molar-refractivity contribution in [1.82, 2.24) is 4.98 Å². The average Bonchev–Trinajstić information content (AvgIpc) is 3.27. The van der Waals surface area contributed by atoms with Crippen LogP contribution >= 0.6 is 0 Å². The molecule has 152 valence electrons. The van der Waals surface area contributed by atoms with Gasteiger partial charge in [-0.15, -0.1) is 0 Å². The van der Waals surface area contributed by atoms with E-state index in [2.05, 4.69) is 16.4 Å². The molecule has 0 spiro atoms. The minimum Gasteiger partial charge on any atom is -0.462 e. The molecule has 31 heavy (non-hydrogen) atoms. The third kappa shape index (κ3) is 3.45. The third-order valence-corrected chi connectivity index (χ3v) is 5.22. The molecular weight excluding hydrogens is 394 g/mol. The third-order valence-electron chi connectivity index (χ3n) is 5.22. The molecule has 0 bridgehead atoms. The van der Waals surface area contributed by atoms with E-state index in [0.717, 1.165) is 5.56 Å². The highest BCUT2D eigenvalue weighted by Crippen LogP contribution is 2.35. The van der Waals surface area contributed by atoms with Gasteiger partial charge in [-0.2, -0.15) is 5.26 Å². The summed E-state index contributed by atoms with van der Waals surface area (Å²) in [6, 6.07) is 16.4. The number of ether oxygens (including phenoxy) is 2. The Balaban J connectivity index is 1.50. The van der Waals surface area contributed by atoms with Crippen LogP contribution < -0.4 is 20.2 Å². The van der Waals surface area contributed by atoms with E-state index in [-0.39, 0.29) is 18.3 Å². The first-order valence-electron chi connectivity index (χ1n) is 9.70. The van der Waals surface area contributed by atoms with Gasteiger partial charge in [0.15, 0.2) is 17.1 Å². The smallest absolute Gasteiger partial charge is 0.231 e. The lowest BCUT2D eigenvalue weighted by molar-refractivity contribution is 0.174. The maximum absolute atomic E-state index is 13.2. The van der Waals surface area contributed by atoms with Gasteiger partial charge in [0.2, 0.25) is 12.2 Å². The molecule has 0 saturated heterocycles. The number of nitrogens with zero attached hydrogens (tertiary/aromatic N) is 2. The van der Waals surface area contributed by atoms with E-state index in [9.17, 15) is 4.79 Å². The first-order chi connectivity index (χ1) is 15.1. The molecule has 0 unspecified atom stereocenters. The SMILES string of the molecule is C[C@H](Nc1cc2c(=O)c(-c3ccc4c(c3)OCO4)coc2cn1)c1cccc(C#N)c1. The van der Waals surface area contributed by atoms with Gasteiger partial charge in [-0.3, -0.25) is 4.79 Å². The number of hydrogen-bond donors (Lipinski definition) is 1. The number of hydrogen-bond acceptors (Lipinski definition) is 7. The van der Waals surface area contributed by atoms with E-state index in [1.54, 1.807) is 30.3 Å². The van der Waals surface area contributed by atoms with Crippen LogP contribution in [0.4, 0.5) is 5.82 Å². The Morgan fingerprint density at radius 1 is 1.13 bits per heavy atom. The van der Waals surface area contributed by atoms with Crippen molar-refractivity contribution in [2.24, 2.45) is 0 Å². The van der Waals surface area contributed by atoms with Gasteiger partial charge in [-0.1, -0.05) is 18.2 Å². The van der Waals surface area contributed by atoms with Gasteiger partial charge in [0, 0.05) is 6.04 Å². The zero-order valence-electron chi connectivity index (χ0n) is 16.6. The maximum Gasteiger partial charge on any atom is 0.231 e. The van der Waals surface area contributed by atoms with Crippen molar-refractivity contribution >= 4 is 16.8 Å². The molecule has 1 atom stereocenters. The van der Waals surface area contributed by atoms with Gasteiger partial charge in [0.05, 0.1) is 28.8 Å². The molecule has 2 aromatic heterocycles. The molecular formula is C24H17N3O4. The van der Waals surface area contributed by atoms with Crippen molar-refractivity contribution in [1.29, 1.82) is 5.26 Å². The molecule has 1 aliphatic rings. The van der Waals surface area contributed by atoms with Crippen molar-refractivity contribution in [2.45, 2.75) is 13.0 Å². The molecule has 4 aromatic rings. The molecule has 1 aliphatic heterocycles. The summed E-state index contributed by atoms with van der Waals surface area (Å²) < 4.78 is 16.4. The molecule has 3 heterocycles. The molecule has 0 amide bonds. The summed E-state index contributed by atoms with van der Waals surface area (Å²) >= 11 is 0. The minimum atomic E-state index is -0.162. The first-order valence-corrected chi connectivity index (χ1v) is 9.70. The molecule has 0 aliphatic carbocycles. The largest absolute Gasteiger partial charge is 0.462 e. The molecule has 2 aromatic carbocycles. The molecule has 0 fully saturated rings. The van der Waals surface area contributed by atoms with Crippen LogP contribution in [-0.2, 0) is 0 Å². The standard InChI is InChI=1S/C24H17N3O4/c1-14(16-4-2-3-15(7-16)10-25)27-23-9-18-22(11-26-23)29-12-19(24(18)28)17-5-6-20-21(8-17)31-13-30-20/h2-9,11-12,14H,13H2,1H3,(H,26,27)/t14-/m0/s1. The molecule has 0 saturated carbocycles. The number of nitriles is 1. The summed E-state index contributed by atoms with van der Waals surface area (Å²) in [4.78, 5) is 17.6. The van der Waals surface area contributed by atoms with Crippen molar-refractivity contribution in [3.8, 4) is 28.7 Å². The summed E-state index contributed by atoms with van der Waals surface area (Å²) in [5.41, 5.74) is 2.89. The fraction of sp³-hybridized carbons (Fsp3) is 0.125. The number of rotatable bonds is 4. The Kier molecular flexibility index (Phi) is 4.53. The lowest BCUT2D eigenvalue weighted by atomic mass is 10.0. The summed E-state index contributed by atoms with van der Waals surface area (Å²) in [6.45, 7) is 2.13. The van der Waals surface area contributed by atoms with Crippen molar-refractivity contribution in [3.05, 3.63) is 82.3 Å². The Bertz CT molecular complexity index is 1400. The van der Waals surface area contributed by atoms with E-state index >= 15 is 0 Å². The Labute approximate surface area is 177 Å². The molecule has 7 nitrogen and oxygen atoms in total. The van der Waals surface area contributed by atoms with Crippen LogP contribution in [0.3, 0.4) is 0 Å². The van der Waals surface area contributed by atoms with Gasteiger partial charge >= 0.3 is 0 Å². The lowest BCUT2D eigenvalue weighted by Gasteiger charge is -2.15. The van der Waals surface area contributed by atoms with Crippen LogP contribution in [0.5, 0.6) is 11.5 Å². The topological polar surface area (TPSA) is 97.4 Å². The highest BCUT2D eigenvalue weighted by Gasteiger charge is 2.17. The Morgan fingerprint density at radius 2 is 2.00 bits per heavy atom. The van der Waals surface area contributed by atoms with E-state index in [1.807, 2.05) is 25.1 Å². The predicted molar refractivity (Wildman–Crippen MR) is 115 cm³/mol. The first kappa shape index (κ1) is 18.7. The van der Waals surface area contributed by atoms with Crippen LogP contribution in [0.2, 0.25) is 0 Å². The fourth-order valence-electron chi connectivity index (χ4n) is 3.56. The number of anilines is 1. The number of nitrogens with one attached hydrogen (secondary N) is 1. The lowest BCUT2D eigenvalue weighted by Crippen LogP contribution is -2.10. The molecule has 7 heteroatoms. The van der Waals surface area contributed by atoms with Crippen molar-refractivity contribution in [3.63, 3.8) is 0 Å². The normalized spacial score (nSPS) is 13.0. The van der Waals surface area contributed by atoms with Crippen LogP contribution in [-0.4, -0.2) is 11.8 Å². The highest BCUT2D eigenvalue weighted by molar-refractivity contribution is 5.83. The van der Waals surface area contributed by atoms with Crippen LogP contribution in [0.1, 0.15) is 24.1 Å². The fourth-order valence-corrected chi connectivity index (χ4v) is 3.56. The van der Waals surface area contributed by atoms with E-state index in [0.29, 0.717) is 45.0 Å². The maximum atomic E-state index is 13.2. The Morgan fingerprint density at radius 3 is 2.87 bits per heavy atom. The van der Waals surface area contributed by atoms with E-state index in [1.165, 1.54) is 12.5 Å². The number of aromatic nitrogens is 1. The van der Waals surface area contributed by atoms with Gasteiger partial charge in [0.1, 0.15) is 12.1 Å². The second-order valence-electron chi connectivity index (χ2n) is 7.22. The van der Waals surface area contributed by atoms with E-state index in [4.69, 9.17) is 19.2 Å². The zero-order chi connectivity index (χ0) is 21.4. The zero-order valence-corrected chi connectivity index (χ0v) is 16.6. The minimum absolute atomic E-state index is 0.109. The van der Waals surface area contributed by atoms with Crippen LogP contribution in [0.25, 0.3) is 22.1 Å². The van der Waals surface area contributed by atoms with E-state index < -0.39 is 0 Å².